The van der Waals surface area contributed by atoms with Crippen molar-refractivity contribution in [2.24, 2.45) is 0 Å². The molecule has 0 fully saturated rings. The SMILES string of the molecule is O=c1oc(CCc2ccccc2)nc2ccc(F)cc12. The van der Waals surface area contributed by atoms with Gasteiger partial charge in [-0.3, -0.25) is 0 Å². The van der Waals surface area contributed by atoms with Gasteiger partial charge >= 0.3 is 5.63 Å². The fourth-order valence-electron chi connectivity index (χ4n) is 2.09. The first kappa shape index (κ1) is 12.5. The number of halogens is 1. The van der Waals surface area contributed by atoms with Crippen LogP contribution in [-0.2, 0) is 12.8 Å². The lowest BCUT2D eigenvalue weighted by Gasteiger charge is -2.02. The third-order valence-electron chi connectivity index (χ3n) is 3.10. The molecule has 0 saturated carbocycles. The quantitative estimate of drug-likeness (QED) is 0.733. The van der Waals surface area contributed by atoms with Gasteiger partial charge in [0.1, 0.15) is 5.82 Å². The minimum atomic E-state index is -0.544. The Morgan fingerprint density at radius 2 is 1.85 bits per heavy atom. The summed E-state index contributed by atoms with van der Waals surface area (Å²) in [5.41, 5.74) is 1.07. The predicted molar refractivity (Wildman–Crippen MR) is 74.1 cm³/mol. The Morgan fingerprint density at radius 3 is 2.65 bits per heavy atom. The van der Waals surface area contributed by atoms with Crippen molar-refractivity contribution in [1.82, 2.24) is 4.98 Å². The van der Waals surface area contributed by atoms with Crippen molar-refractivity contribution < 1.29 is 8.81 Å². The Kier molecular flexibility index (Phi) is 3.29. The largest absolute Gasteiger partial charge is 0.408 e. The summed E-state index contributed by atoms with van der Waals surface area (Å²) in [6.45, 7) is 0. The fourth-order valence-corrected chi connectivity index (χ4v) is 2.09. The predicted octanol–water partition coefficient (Wildman–Crippen LogP) is 3.11. The van der Waals surface area contributed by atoms with Crippen LogP contribution < -0.4 is 5.63 Å². The van der Waals surface area contributed by atoms with E-state index in [9.17, 15) is 9.18 Å². The maximum atomic E-state index is 13.1. The van der Waals surface area contributed by atoms with E-state index < -0.39 is 11.4 Å². The van der Waals surface area contributed by atoms with Crippen LogP contribution in [0.3, 0.4) is 0 Å². The monoisotopic (exact) mass is 269 g/mol. The van der Waals surface area contributed by atoms with Crippen molar-refractivity contribution in [3.8, 4) is 0 Å². The number of hydrogen-bond donors (Lipinski definition) is 0. The number of nitrogens with zero attached hydrogens (tertiary/aromatic N) is 1. The van der Waals surface area contributed by atoms with Gasteiger partial charge in [0.15, 0.2) is 5.89 Å². The Hall–Kier alpha value is -2.49. The summed E-state index contributed by atoms with van der Waals surface area (Å²) >= 11 is 0. The van der Waals surface area contributed by atoms with E-state index >= 15 is 0 Å². The summed E-state index contributed by atoms with van der Waals surface area (Å²) in [7, 11) is 0. The number of aromatic nitrogens is 1. The average molecular weight is 269 g/mol. The summed E-state index contributed by atoms with van der Waals surface area (Å²) in [4.78, 5) is 16.0. The molecule has 2 aromatic carbocycles. The molecule has 0 atom stereocenters. The van der Waals surface area contributed by atoms with Crippen LogP contribution in [-0.4, -0.2) is 4.98 Å². The lowest BCUT2D eigenvalue weighted by Crippen LogP contribution is -2.06. The second kappa shape index (κ2) is 5.25. The van der Waals surface area contributed by atoms with E-state index in [0.717, 1.165) is 18.1 Å². The van der Waals surface area contributed by atoms with Crippen molar-refractivity contribution in [1.29, 1.82) is 0 Å². The Labute approximate surface area is 114 Å². The maximum absolute atomic E-state index is 13.1. The van der Waals surface area contributed by atoms with Crippen LogP contribution in [0.5, 0.6) is 0 Å². The second-order valence-corrected chi connectivity index (χ2v) is 4.54. The highest BCUT2D eigenvalue weighted by Crippen LogP contribution is 2.11. The van der Waals surface area contributed by atoms with Crippen molar-refractivity contribution >= 4 is 10.9 Å². The topological polar surface area (TPSA) is 43.1 Å². The number of fused-ring (bicyclic) bond motifs is 1. The Bertz CT molecular complexity index is 796. The zero-order chi connectivity index (χ0) is 13.9. The van der Waals surface area contributed by atoms with Gasteiger partial charge in [-0.15, -0.1) is 0 Å². The van der Waals surface area contributed by atoms with Crippen molar-refractivity contribution in [2.45, 2.75) is 12.8 Å². The molecule has 0 bridgehead atoms. The summed E-state index contributed by atoms with van der Waals surface area (Å²) < 4.78 is 18.2. The van der Waals surface area contributed by atoms with Gasteiger partial charge < -0.3 is 4.42 Å². The number of hydrogen-bond acceptors (Lipinski definition) is 3. The molecule has 0 saturated heterocycles. The fraction of sp³-hybridized carbons (Fsp3) is 0.125. The van der Waals surface area contributed by atoms with E-state index in [1.54, 1.807) is 0 Å². The lowest BCUT2D eigenvalue weighted by atomic mass is 10.1. The highest BCUT2D eigenvalue weighted by atomic mass is 19.1. The van der Waals surface area contributed by atoms with Crippen LogP contribution in [0.15, 0.2) is 57.7 Å². The van der Waals surface area contributed by atoms with Crippen LogP contribution in [0.1, 0.15) is 11.5 Å². The summed E-state index contributed by atoms with van der Waals surface area (Å²) in [5, 5.41) is 0.175. The molecule has 4 heteroatoms. The molecule has 3 aromatic rings. The molecule has 0 N–H and O–H groups in total. The first-order valence-corrected chi connectivity index (χ1v) is 6.35. The molecule has 0 aliphatic heterocycles. The van der Waals surface area contributed by atoms with Crippen LogP contribution >= 0.6 is 0 Å². The molecule has 0 unspecified atom stereocenters. The van der Waals surface area contributed by atoms with Crippen LogP contribution in [0.4, 0.5) is 4.39 Å². The molecule has 0 amide bonds. The highest BCUT2D eigenvalue weighted by molar-refractivity contribution is 5.76. The summed E-state index contributed by atoms with van der Waals surface area (Å²) in [5.74, 6) is -0.0957. The molecule has 1 heterocycles. The van der Waals surface area contributed by atoms with Crippen LogP contribution in [0, 0.1) is 5.82 Å². The normalized spacial score (nSPS) is 10.8. The van der Waals surface area contributed by atoms with Gasteiger partial charge in [0.2, 0.25) is 0 Å². The molecule has 1 aromatic heterocycles. The van der Waals surface area contributed by atoms with Gasteiger partial charge in [0.05, 0.1) is 10.9 Å². The minimum absolute atomic E-state index is 0.175. The van der Waals surface area contributed by atoms with E-state index in [-0.39, 0.29) is 5.39 Å². The van der Waals surface area contributed by atoms with Gasteiger partial charge in [-0.25, -0.2) is 14.2 Å². The molecule has 20 heavy (non-hydrogen) atoms. The zero-order valence-electron chi connectivity index (χ0n) is 10.7. The van der Waals surface area contributed by atoms with Gasteiger partial charge in [-0.1, -0.05) is 30.3 Å². The smallest absolute Gasteiger partial charge is 0.346 e. The lowest BCUT2D eigenvalue weighted by molar-refractivity contribution is 0.443. The standard InChI is InChI=1S/C16H12FNO2/c17-12-7-8-14-13(10-12)16(19)20-15(18-14)9-6-11-4-2-1-3-5-11/h1-5,7-8,10H,6,9H2. The molecule has 0 radical (unpaired) electrons. The first-order valence-electron chi connectivity index (χ1n) is 6.35. The molecule has 100 valence electrons. The maximum Gasteiger partial charge on any atom is 0.346 e. The summed E-state index contributed by atoms with van der Waals surface area (Å²) in [6.07, 6.45) is 1.27. The molecule has 0 spiro atoms. The van der Waals surface area contributed by atoms with Crippen molar-refractivity contribution in [2.75, 3.05) is 0 Å². The average Bonchev–Trinajstić information content (AvgIpc) is 2.47. The molecule has 3 rings (SSSR count). The van der Waals surface area contributed by atoms with E-state index in [4.69, 9.17) is 4.42 Å². The number of rotatable bonds is 3. The van der Waals surface area contributed by atoms with Crippen molar-refractivity contribution in [3.05, 3.63) is 76.2 Å². The van der Waals surface area contributed by atoms with E-state index in [1.165, 1.54) is 12.1 Å². The third-order valence-corrected chi connectivity index (χ3v) is 3.10. The molecular formula is C16H12FNO2. The summed E-state index contributed by atoms with van der Waals surface area (Å²) in [6, 6.07) is 13.8. The van der Waals surface area contributed by atoms with Crippen LogP contribution in [0.2, 0.25) is 0 Å². The minimum Gasteiger partial charge on any atom is -0.408 e. The third kappa shape index (κ3) is 2.59. The number of aryl methyl sites for hydroxylation is 2. The van der Waals surface area contributed by atoms with Gasteiger partial charge in [-0.05, 0) is 30.2 Å². The molecular weight excluding hydrogens is 257 g/mol. The number of benzene rings is 2. The van der Waals surface area contributed by atoms with Crippen LogP contribution in [0.25, 0.3) is 10.9 Å². The molecule has 3 nitrogen and oxygen atoms in total. The highest BCUT2D eigenvalue weighted by Gasteiger charge is 2.07. The zero-order valence-corrected chi connectivity index (χ0v) is 10.7. The van der Waals surface area contributed by atoms with Gasteiger partial charge in [-0.2, -0.15) is 0 Å². The first-order chi connectivity index (χ1) is 9.72. The van der Waals surface area contributed by atoms with Gasteiger partial charge in [0.25, 0.3) is 0 Å². The Balaban J connectivity index is 1.89. The Morgan fingerprint density at radius 1 is 1.05 bits per heavy atom. The molecule has 0 aliphatic rings. The van der Waals surface area contributed by atoms with E-state index in [1.807, 2.05) is 30.3 Å². The second-order valence-electron chi connectivity index (χ2n) is 4.54. The molecule has 0 aliphatic carbocycles. The van der Waals surface area contributed by atoms with E-state index in [2.05, 4.69) is 4.98 Å². The van der Waals surface area contributed by atoms with Crippen molar-refractivity contribution in [3.63, 3.8) is 0 Å². The van der Waals surface area contributed by atoms with Gasteiger partial charge in [0, 0.05) is 6.42 Å². The van der Waals surface area contributed by atoms with E-state index in [0.29, 0.717) is 17.8 Å².